The molecule has 6 nitrogen and oxygen atoms in total. The fourth-order valence-corrected chi connectivity index (χ4v) is 5.68. The van der Waals surface area contributed by atoms with Gasteiger partial charge in [0.1, 0.15) is 5.65 Å². The first-order chi connectivity index (χ1) is 17.5. The molecule has 2 aliphatic rings. The summed E-state index contributed by atoms with van der Waals surface area (Å²) in [5.74, 6) is 2.36. The van der Waals surface area contributed by atoms with Crippen LogP contribution in [-0.2, 0) is 18.3 Å². The van der Waals surface area contributed by atoms with Crippen LogP contribution in [-0.4, -0.2) is 50.4 Å². The zero-order valence-corrected chi connectivity index (χ0v) is 23.0. The molecule has 1 aliphatic carbocycles. The summed E-state index contributed by atoms with van der Waals surface area (Å²) in [4.78, 5) is 31.6. The second-order valence-electron chi connectivity index (χ2n) is 10.8. The number of hydrogen-bond donors (Lipinski definition) is 1. The number of aliphatic carboxylic acids is 1. The SMILES string of the molecule is Cn1c(CCCCCCCC#CC2CC(F)(F)C2)c(C(=O)N2CC[C@](C)(C(=O)O)C2)c2cc(Br)cnc21. The van der Waals surface area contributed by atoms with Gasteiger partial charge in [-0.1, -0.05) is 25.2 Å². The Hall–Kier alpha value is -2.47. The molecule has 2 aromatic heterocycles. The van der Waals surface area contributed by atoms with Crippen molar-refractivity contribution in [2.24, 2.45) is 18.4 Å². The number of amides is 1. The molecular formula is C28H34BrF2N3O3. The molecule has 2 aromatic rings. The fourth-order valence-electron chi connectivity index (χ4n) is 5.35. The zero-order valence-electron chi connectivity index (χ0n) is 21.5. The van der Waals surface area contributed by atoms with Gasteiger partial charge in [-0.25, -0.2) is 13.8 Å². The Morgan fingerprint density at radius 1 is 1.22 bits per heavy atom. The molecule has 4 rings (SSSR count). The van der Waals surface area contributed by atoms with Gasteiger partial charge in [-0.15, -0.1) is 5.92 Å². The number of unbranched alkanes of at least 4 members (excludes halogenated alkanes) is 5. The summed E-state index contributed by atoms with van der Waals surface area (Å²) in [5.41, 5.74) is 1.37. The molecule has 1 amide bonds. The van der Waals surface area contributed by atoms with E-state index in [0.29, 0.717) is 18.5 Å². The van der Waals surface area contributed by atoms with Crippen LogP contribution in [0.25, 0.3) is 11.0 Å². The molecule has 1 N–H and O–H groups in total. The summed E-state index contributed by atoms with van der Waals surface area (Å²) >= 11 is 3.47. The van der Waals surface area contributed by atoms with E-state index in [1.807, 2.05) is 17.7 Å². The maximum atomic E-state index is 13.7. The van der Waals surface area contributed by atoms with Crippen LogP contribution in [0.3, 0.4) is 0 Å². The van der Waals surface area contributed by atoms with Crippen molar-refractivity contribution < 1.29 is 23.5 Å². The number of nitrogens with zero attached hydrogens (tertiary/aromatic N) is 3. The van der Waals surface area contributed by atoms with Crippen LogP contribution in [0.5, 0.6) is 0 Å². The third-order valence-corrected chi connectivity index (χ3v) is 8.15. The zero-order chi connectivity index (χ0) is 26.8. The van der Waals surface area contributed by atoms with Gasteiger partial charge in [0.25, 0.3) is 11.8 Å². The van der Waals surface area contributed by atoms with Gasteiger partial charge < -0.3 is 14.6 Å². The van der Waals surface area contributed by atoms with E-state index in [2.05, 4.69) is 32.8 Å². The minimum atomic E-state index is -2.51. The van der Waals surface area contributed by atoms with Crippen LogP contribution in [0, 0.1) is 23.2 Å². The number of hydrogen-bond acceptors (Lipinski definition) is 3. The number of fused-ring (bicyclic) bond motifs is 1. The van der Waals surface area contributed by atoms with Crippen molar-refractivity contribution in [2.75, 3.05) is 13.1 Å². The maximum absolute atomic E-state index is 13.7. The van der Waals surface area contributed by atoms with E-state index in [-0.39, 0.29) is 31.2 Å². The smallest absolute Gasteiger partial charge is 0.311 e. The van der Waals surface area contributed by atoms with Gasteiger partial charge in [0.05, 0.1) is 11.0 Å². The summed E-state index contributed by atoms with van der Waals surface area (Å²) in [5, 5.41) is 10.4. The number of carboxylic acids is 1. The number of carbonyl (C=O) groups excluding carboxylic acids is 1. The van der Waals surface area contributed by atoms with E-state index >= 15 is 0 Å². The van der Waals surface area contributed by atoms with Crippen LogP contribution in [0.2, 0.25) is 0 Å². The second-order valence-corrected chi connectivity index (χ2v) is 11.7. The molecule has 9 heteroatoms. The number of likely N-dealkylation sites (tertiary alicyclic amines) is 1. The lowest BCUT2D eigenvalue weighted by Gasteiger charge is -2.31. The molecule has 3 heterocycles. The van der Waals surface area contributed by atoms with Gasteiger partial charge in [0, 0.05) is 67.1 Å². The average molecular weight is 578 g/mol. The Kier molecular flexibility index (Phi) is 8.27. The van der Waals surface area contributed by atoms with Crippen LogP contribution >= 0.6 is 15.9 Å². The quantitative estimate of drug-likeness (QED) is 0.284. The number of halogens is 3. The molecule has 0 unspecified atom stereocenters. The van der Waals surface area contributed by atoms with Crippen LogP contribution in [0.1, 0.15) is 80.8 Å². The number of rotatable bonds is 9. The van der Waals surface area contributed by atoms with E-state index in [1.54, 1.807) is 18.0 Å². The van der Waals surface area contributed by atoms with Gasteiger partial charge in [-0.05, 0) is 54.6 Å². The van der Waals surface area contributed by atoms with Crippen molar-refractivity contribution in [2.45, 2.75) is 77.1 Å². The van der Waals surface area contributed by atoms with E-state index in [0.717, 1.165) is 66.1 Å². The minimum Gasteiger partial charge on any atom is -0.481 e. The Morgan fingerprint density at radius 2 is 1.92 bits per heavy atom. The molecule has 200 valence electrons. The predicted molar refractivity (Wildman–Crippen MR) is 142 cm³/mol. The Labute approximate surface area is 224 Å². The van der Waals surface area contributed by atoms with E-state index in [1.165, 1.54) is 0 Å². The highest BCUT2D eigenvalue weighted by Gasteiger charge is 2.44. The highest BCUT2D eigenvalue weighted by molar-refractivity contribution is 9.10. The first-order valence-corrected chi connectivity index (χ1v) is 13.8. The topological polar surface area (TPSA) is 75.4 Å². The molecule has 0 aromatic carbocycles. The summed E-state index contributed by atoms with van der Waals surface area (Å²) in [7, 11) is 1.93. The first kappa shape index (κ1) is 27.6. The van der Waals surface area contributed by atoms with E-state index in [9.17, 15) is 23.5 Å². The van der Waals surface area contributed by atoms with Crippen LogP contribution < -0.4 is 0 Å². The highest BCUT2D eigenvalue weighted by Crippen LogP contribution is 2.41. The van der Waals surface area contributed by atoms with Crippen molar-refractivity contribution in [3.63, 3.8) is 0 Å². The molecular weight excluding hydrogens is 544 g/mol. The highest BCUT2D eigenvalue weighted by atomic mass is 79.9. The number of carboxylic acid groups (broad SMARTS) is 1. The molecule has 1 saturated heterocycles. The molecule has 0 radical (unpaired) electrons. The lowest BCUT2D eigenvalue weighted by molar-refractivity contribution is -0.147. The predicted octanol–water partition coefficient (Wildman–Crippen LogP) is 6.20. The number of aryl methyl sites for hydroxylation is 1. The lowest BCUT2D eigenvalue weighted by Crippen LogP contribution is -2.35. The first-order valence-electron chi connectivity index (χ1n) is 13.0. The second kappa shape index (κ2) is 11.1. The van der Waals surface area contributed by atoms with Crippen molar-refractivity contribution in [3.05, 3.63) is 28.0 Å². The molecule has 37 heavy (non-hydrogen) atoms. The Balaban J connectivity index is 1.35. The third kappa shape index (κ3) is 6.17. The molecule has 2 fully saturated rings. The standard InChI is InChI=1S/C28H34BrF2N3O3/c1-27(26(36)37)12-13-34(18-27)25(35)23-21-14-20(29)17-32-24(21)33(2)22(23)11-9-7-5-3-4-6-8-10-19-15-28(30,31)16-19/h14,17,19H,3-7,9,11-13,15-16,18H2,1-2H3,(H,36,37)/t27-/m0/s1. The Bertz CT molecular complexity index is 1240. The summed E-state index contributed by atoms with van der Waals surface area (Å²) in [6.07, 6.45) is 8.41. The van der Waals surface area contributed by atoms with Gasteiger partial charge in [-0.2, -0.15) is 0 Å². The summed E-state index contributed by atoms with van der Waals surface area (Å²) in [6, 6.07) is 1.91. The number of alkyl halides is 2. The molecule has 1 aliphatic heterocycles. The Morgan fingerprint density at radius 3 is 2.59 bits per heavy atom. The molecule has 0 spiro atoms. The fraction of sp³-hybridized carbons (Fsp3) is 0.607. The number of pyridine rings is 1. The number of aromatic nitrogens is 2. The van der Waals surface area contributed by atoms with Crippen molar-refractivity contribution >= 4 is 38.8 Å². The largest absolute Gasteiger partial charge is 0.481 e. The number of carbonyl (C=O) groups is 2. The van der Waals surface area contributed by atoms with Crippen LogP contribution in [0.4, 0.5) is 8.78 Å². The molecule has 1 saturated carbocycles. The summed E-state index contributed by atoms with van der Waals surface area (Å²) < 4.78 is 28.5. The van der Waals surface area contributed by atoms with Crippen molar-refractivity contribution in [1.29, 1.82) is 0 Å². The van der Waals surface area contributed by atoms with Crippen molar-refractivity contribution in [1.82, 2.24) is 14.5 Å². The third-order valence-electron chi connectivity index (χ3n) is 7.72. The van der Waals surface area contributed by atoms with E-state index < -0.39 is 17.3 Å². The van der Waals surface area contributed by atoms with Crippen molar-refractivity contribution in [3.8, 4) is 11.8 Å². The van der Waals surface area contributed by atoms with Gasteiger partial charge >= 0.3 is 5.97 Å². The maximum Gasteiger partial charge on any atom is 0.311 e. The summed E-state index contributed by atoms with van der Waals surface area (Å²) in [6.45, 7) is 2.32. The van der Waals surface area contributed by atoms with Gasteiger partial charge in [0.2, 0.25) is 0 Å². The molecule has 0 bridgehead atoms. The van der Waals surface area contributed by atoms with Gasteiger partial charge in [-0.3, -0.25) is 9.59 Å². The van der Waals surface area contributed by atoms with Crippen LogP contribution in [0.15, 0.2) is 16.7 Å². The average Bonchev–Trinajstić information content (AvgIpc) is 3.35. The van der Waals surface area contributed by atoms with E-state index in [4.69, 9.17) is 0 Å². The monoisotopic (exact) mass is 577 g/mol. The lowest BCUT2D eigenvalue weighted by atomic mass is 9.82. The normalized spacial score (nSPS) is 21.1. The van der Waals surface area contributed by atoms with Gasteiger partial charge in [0.15, 0.2) is 0 Å². The minimum absolute atomic E-state index is 0.0955. The molecule has 1 atom stereocenters.